The van der Waals surface area contributed by atoms with E-state index < -0.39 is 0 Å². The molecule has 1 aliphatic heterocycles. The molecule has 0 bridgehead atoms. The van der Waals surface area contributed by atoms with Crippen molar-refractivity contribution in [2.75, 3.05) is 26.7 Å². The first-order chi connectivity index (χ1) is 12.0. The summed E-state index contributed by atoms with van der Waals surface area (Å²) in [4.78, 5) is 16.5. The maximum absolute atomic E-state index is 12.2. The van der Waals surface area contributed by atoms with Crippen molar-refractivity contribution in [1.82, 2.24) is 19.6 Å². The summed E-state index contributed by atoms with van der Waals surface area (Å²) in [6.07, 6.45) is 1.94. The lowest BCUT2D eigenvalue weighted by atomic mass is 10.0. The standard InChI is InChI=1S/C19H26N4O2/c1-14-16(11-20-21(14)3)12-22-9-10-23(15(2)24)18(13-22)17-7-5-6-8-19(17)25-4/h5-8,11,18H,9-10,12-13H2,1-4H3. The zero-order chi connectivity index (χ0) is 18.0. The van der Waals surface area contributed by atoms with E-state index in [1.54, 1.807) is 14.0 Å². The Morgan fingerprint density at radius 3 is 2.72 bits per heavy atom. The molecule has 25 heavy (non-hydrogen) atoms. The van der Waals surface area contributed by atoms with Crippen LogP contribution < -0.4 is 4.74 Å². The van der Waals surface area contributed by atoms with Gasteiger partial charge in [-0.25, -0.2) is 0 Å². The van der Waals surface area contributed by atoms with Crippen LogP contribution in [0.3, 0.4) is 0 Å². The predicted octanol–water partition coefficient (Wildman–Crippen LogP) is 2.14. The normalized spacial score (nSPS) is 18.4. The third-order valence-electron chi connectivity index (χ3n) is 5.10. The number of hydrogen-bond acceptors (Lipinski definition) is 4. The van der Waals surface area contributed by atoms with Crippen LogP contribution in [0, 0.1) is 6.92 Å². The Kier molecular flexibility index (Phi) is 5.08. The van der Waals surface area contributed by atoms with Crippen LogP contribution in [-0.4, -0.2) is 52.2 Å². The molecule has 6 heteroatoms. The highest BCUT2D eigenvalue weighted by atomic mass is 16.5. The summed E-state index contributed by atoms with van der Waals surface area (Å²) in [6, 6.07) is 7.97. The van der Waals surface area contributed by atoms with Gasteiger partial charge in [0.2, 0.25) is 5.91 Å². The van der Waals surface area contributed by atoms with E-state index in [2.05, 4.69) is 23.0 Å². The number of amides is 1. The fraction of sp³-hybridized carbons (Fsp3) is 0.474. The second kappa shape index (κ2) is 7.27. The molecule has 1 aromatic heterocycles. The minimum atomic E-state index is -0.000576. The minimum absolute atomic E-state index is 0.000576. The molecule has 0 saturated carbocycles. The van der Waals surface area contributed by atoms with Gasteiger partial charge in [0.1, 0.15) is 5.75 Å². The lowest BCUT2D eigenvalue weighted by Crippen LogP contribution is -2.49. The average Bonchev–Trinajstić information content (AvgIpc) is 2.93. The molecular formula is C19H26N4O2. The van der Waals surface area contributed by atoms with Crippen molar-refractivity contribution < 1.29 is 9.53 Å². The van der Waals surface area contributed by atoms with E-state index in [-0.39, 0.29) is 11.9 Å². The first-order valence-corrected chi connectivity index (χ1v) is 8.61. The summed E-state index contributed by atoms with van der Waals surface area (Å²) in [5.74, 6) is 0.936. The Morgan fingerprint density at radius 1 is 1.32 bits per heavy atom. The Labute approximate surface area is 149 Å². The average molecular weight is 342 g/mol. The van der Waals surface area contributed by atoms with Crippen LogP contribution in [0.1, 0.15) is 29.8 Å². The molecule has 6 nitrogen and oxygen atoms in total. The highest BCUT2D eigenvalue weighted by Crippen LogP contribution is 2.32. The van der Waals surface area contributed by atoms with Gasteiger partial charge in [-0.3, -0.25) is 14.4 Å². The van der Waals surface area contributed by atoms with Gasteiger partial charge in [-0.05, 0) is 13.0 Å². The van der Waals surface area contributed by atoms with E-state index in [1.807, 2.05) is 41.0 Å². The van der Waals surface area contributed by atoms with E-state index >= 15 is 0 Å². The van der Waals surface area contributed by atoms with Crippen LogP contribution in [0.2, 0.25) is 0 Å². The number of para-hydroxylation sites is 1. The Bertz CT molecular complexity index is 756. The van der Waals surface area contributed by atoms with Crippen molar-refractivity contribution in [3.63, 3.8) is 0 Å². The van der Waals surface area contributed by atoms with Gasteiger partial charge in [0.15, 0.2) is 0 Å². The number of aromatic nitrogens is 2. The first kappa shape index (κ1) is 17.5. The number of rotatable bonds is 4. The number of nitrogens with zero attached hydrogens (tertiary/aromatic N) is 4. The molecule has 134 valence electrons. The second-order valence-corrected chi connectivity index (χ2v) is 6.58. The van der Waals surface area contributed by atoms with Gasteiger partial charge in [0.05, 0.1) is 19.3 Å². The topological polar surface area (TPSA) is 50.6 Å². The van der Waals surface area contributed by atoms with Crippen LogP contribution in [-0.2, 0) is 18.4 Å². The molecule has 2 aromatic rings. The number of ether oxygens (including phenoxy) is 1. The zero-order valence-electron chi connectivity index (χ0n) is 15.4. The molecule has 1 amide bonds. The van der Waals surface area contributed by atoms with Gasteiger partial charge in [-0.1, -0.05) is 18.2 Å². The highest BCUT2D eigenvalue weighted by Gasteiger charge is 2.31. The molecule has 2 heterocycles. The van der Waals surface area contributed by atoms with E-state index in [9.17, 15) is 4.79 Å². The number of hydrogen-bond donors (Lipinski definition) is 0. The number of carbonyl (C=O) groups excluding carboxylic acids is 1. The van der Waals surface area contributed by atoms with Crippen LogP contribution in [0.4, 0.5) is 0 Å². The molecule has 1 aliphatic rings. The van der Waals surface area contributed by atoms with E-state index in [0.717, 1.165) is 37.5 Å². The van der Waals surface area contributed by atoms with Crippen LogP contribution in [0.5, 0.6) is 5.75 Å². The van der Waals surface area contributed by atoms with Crippen molar-refractivity contribution in [3.8, 4) is 5.75 Å². The minimum Gasteiger partial charge on any atom is -0.496 e. The van der Waals surface area contributed by atoms with E-state index in [1.165, 1.54) is 11.3 Å². The number of carbonyl (C=O) groups is 1. The summed E-state index contributed by atoms with van der Waals surface area (Å²) < 4.78 is 7.43. The molecule has 1 saturated heterocycles. The molecule has 1 aromatic carbocycles. The van der Waals surface area contributed by atoms with Gasteiger partial charge < -0.3 is 9.64 Å². The SMILES string of the molecule is COc1ccccc1C1CN(Cc2cnn(C)c2C)CCN1C(C)=O. The maximum Gasteiger partial charge on any atom is 0.220 e. The molecule has 1 atom stereocenters. The van der Waals surface area contributed by atoms with Crippen LogP contribution in [0.15, 0.2) is 30.5 Å². The Morgan fingerprint density at radius 2 is 2.08 bits per heavy atom. The van der Waals surface area contributed by atoms with E-state index in [4.69, 9.17) is 4.74 Å². The molecule has 0 spiro atoms. The predicted molar refractivity (Wildman–Crippen MR) is 96.3 cm³/mol. The Hall–Kier alpha value is -2.34. The molecule has 1 fully saturated rings. The van der Waals surface area contributed by atoms with Gasteiger partial charge in [-0.15, -0.1) is 0 Å². The first-order valence-electron chi connectivity index (χ1n) is 8.61. The molecular weight excluding hydrogens is 316 g/mol. The summed E-state index contributed by atoms with van der Waals surface area (Å²) in [5, 5.41) is 4.33. The fourth-order valence-electron chi connectivity index (χ4n) is 3.51. The molecule has 1 unspecified atom stereocenters. The van der Waals surface area contributed by atoms with Crippen LogP contribution >= 0.6 is 0 Å². The Balaban J connectivity index is 1.85. The largest absolute Gasteiger partial charge is 0.496 e. The fourth-order valence-corrected chi connectivity index (χ4v) is 3.51. The molecule has 0 aliphatic carbocycles. The molecule has 0 N–H and O–H groups in total. The third-order valence-corrected chi connectivity index (χ3v) is 5.10. The van der Waals surface area contributed by atoms with Gasteiger partial charge in [-0.2, -0.15) is 5.10 Å². The number of methoxy groups -OCH3 is 1. The zero-order valence-corrected chi connectivity index (χ0v) is 15.4. The number of piperazine rings is 1. The van der Waals surface area contributed by atoms with E-state index in [0.29, 0.717) is 0 Å². The van der Waals surface area contributed by atoms with Crippen molar-refractivity contribution >= 4 is 5.91 Å². The quantitative estimate of drug-likeness (QED) is 0.854. The lowest BCUT2D eigenvalue weighted by Gasteiger charge is -2.41. The summed E-state index contributed by atoms with van der Waals surface area (Å²) in [7, 11) is 3.64. The van der Waals surface area contributed by atoms with Gasteiger partial charge >= 0.3 is 0 Å². The van der Waals surface area contributed by atoms with Crippen molar-refractivity contribution in [2.45, 2.75) is 26.4 Å². The van der Waals surface area contributed by atoms with Crippen molar-refractivity contribution in [3.05, 3.63) is 47.3 Å². The smallest absolute Gasteiger partial charge is 0.220 e. The number of benzene rings is 1. The van der Waals surface area contributed by atoms with Crippen LogP contribution in [0.25, 0.3) is 0 Å². The number of aryl methyl sites for hydroxylation is 1. The molecule has 3 rings (SSSR count). The van der Waals surface area contributed by atoms with Crippen molar-refractivity contribution in [2.24, 2.45) is 7.05 Å². The van der Waals surface area contributed by atoms with Gasteiger partial charge in [0.25, 0.3) is 0 Å². The van der Waals surface area contributed by atoms with Crippen molar-refractivity contribution in [1.29, 1.82) is 0 Å². The second-order valence-electron chi connectivity index (χ2n) is 6.58. The summed E-state index contributed by atoms with van der Waals surface area (Å²) in [6.45, 7) is 6.94. The summed E-state index contributed by atoms with van der Waals surface area (Å²) in [5.41, 5.74) is 3.48. The highest BCUT2D eigenvalue weighted by molar-refractivity contribution is 5.74. The summed E-state index contributed by atoms with van der Waals surface area (Å²) >= 11 is 0. The molecule has 0 radical (unpaired) electrons. The monoisotopic (exact) mass is 342 g/mol. The maximum atomic E-state index is 12.2. The van der Waals surface area contributed by atoms with Gasteiger partial charge in [0, 0.05) is 57.0 Å². The third kappa shape index (κ3) is 3.54. The lowest BCUT2D eigenvalue weighted by molar-refractivity contribution is -0.134.